The molecule has 2 aromatic heterocycles. The van der Waals surface area contributed by atoms with Gasteiger partial charge in [0.2, 0.25) is 0 Å². The lowest BCUT2D eigenvalue weighted by atomic mass is 10.0. The van der Waals surface area contributed by atoms with Gasteiger partial charge in [0.25, 0.3) is 5.91 Å². The number of hydrogen-bond acceptors (Lipinski definition) is 7. The first-order chi connectivity index (χ1) is 14.7. The van der Waals surface area contributed by atoms with Gasteiger partial charge in [-0.05, 0) is 37.1 Å². The molecule has 3 heterocycles. The number of hydrogen-bond donors (Lipinski definition) is 2. The molecule has 9 heteroatoms. The zero-order valence-corrected chi connectivity index (χ0v) is 16.5. The number of nitrogens with zero attached hydrogens (tertiary/aromatic N) is 4. The molecule has 1 atom stereocenters. The number of nitrogens with one attached hydrogen (secondary N) is 1. The topological polar surface area (TPSA) is 117 Å². The van der Waals surface area contributed by atoms with Gasteiger partial charge in [0.05, 0.1) is 11.1 Å². The molecule has 154 valence electrons. The summed E-state index contributed by atoms with van der Waals surface area (Å²) in [6, 6.07) is 7.47. The Bertz CT molecular complexity index is 1120. The molecule has 1 aliphatic heterocycles. The molecule has 9 nitrogen and oxygen atoms in total. The number of aromatic nitrogens is 4. The van der Waals surface area contributed by atoms with E-state index in [9.17, 15) is 4.79 Å². The molecule has 3 N–H and O–H groups in total. The fraction of sp³-hybridized carbons (Fsp3) is 0.238. The largest absolute Gasteiger partial charge is 0.349 e. The van der Waals surface area contributed by atoms with Crippen molar-refractivity contribution in [2.75, 3.05) is 6.54 Å². The Morgan fingerprint density at radius 2 is 2.10 bits per heavy atom. The van der Waals surface area contributed by atoms with Crippen LogP contribution in [0.2, 0.25) is 0 Å². The molecular formula is C21H22N6O3. The monoisotopic (exact) mass is 406 g/mol. The fourth-order valence-corrected chi connectivity index (χ4v) is 3.39. The molecule has 1 amide bonds. The number of aryl methyl sites for hydroxylation is 1. The number of nitrogens with two attached hydrogens (primary N) is 1. The van der Waals surface area contributed by atoms with Gasteiger partial charge < -0.3 is 11.1 Å². The number of rotatable bonds is 7. The van der Waals surface area contributed by atoms with Crippen LogP contribution in [0.1, 0.15) is 23.2 Å². The van der Waals surface area contributed by atoms with E-state index in [2.05, 4.69) is 20.4 Å². The first-order valence-electron chi connectivity index (χ1n) is 9.58. The highest BCUT2D eigenvalue weighted by Crippen LogP contribution is 2.27. The predicted octanol–water partition coefficient (Wildman–Crippen LogP) is 2.23. The Labute approximate surface area is 173 Å². The second-order valence-corrected chi connectivity index (χ2v) is 6.94. The van der Waals surface area contributed by atoms with E-state index in [1.54, 1.807) is 24.0 Å². The van der Waals surface area contributed by atoms with Crippen LogP contribution in [0.3, 0.4) is 0 Å². The Hall–Kier alpha value is -3.72. The van der Waals surface area contributed by atoms with Crippen LogP contribution in [-0.2, 0) is 16.8 Å². The van der Waals surface area contributed by atoms with Crippen LogP contribution < -0.4 is 11.1 Å². The summed E-state index contributed by atoms with van der Waals surface area (Å²) >= 11 is 0. The third-order valence-electron chi connectivity index (χ3n) is 4.77. The normalized spacial score (nSPS) is 14.0. The summed E-state index contributed by atoms with van der Waals surface area (Å²) in [5, 5.41) is 8.40. The first kappa shape index (κ1) is 19.6. The summed E-state index contributed by atoms with van der Waals surface area (Å²) < 4.78 is 1.61. The van der Waals surface area contributed by atoms with E-state index in [1.165, 1.54) is 18.9 Å². The third-order valence-corrected chi connectivity index (χ3v) is 4.77. The summed E-state index contributed by atoms with van der Waals surface area (Å²) in [6.45, 7) is 0.440. The number of amides is 1. The molecular weight excluding hydrogens is 384 g/mol. The minimum atomic E-state index is -0.239. The van der Waals surface area contributed by atoms with Crippen molar-refractivity contribution >= 4 is 16.8 Å². The van der Waals surface area contributed by atoms with Crippen molar-refractivity contribution in [2.24, 2.45) is 12.8 Å². The summed E-state index contributed by atoms with van der Waals surface area (Å²) in [5.74, 6) is -0.239. The van der Waals surface area contributed by atoms with Gasteiger partial charge in [-0.1, -0.05) is 18.2 Å². The maximum atomic E-state index is 13.2. The number of benzene rings is 1. The van der Waals surface area contributed by atoms with Crippen LogP contribution >= 0.6 is 0 Å². The van der Waals surface area contributed by atoms with E-state index in [4.69, 9.17) is 15.5 Å². The van der Waals surface area contributed by atoms with E-state index in [0.717, 1.165) is 16.5 Å². The minimum Gasteiger partial charge on any atom is -0.349 e. The van der Waals surface area contributed by atoms with Gasteiger partial charge in [0, 0.05) is 24.7 Å². The van der Waals surface area contributed by atoms with Crippen LogP contribution in [0.15, 0.2) is 61.0 Å². The van der Waals surface area contributed by atoms with Gasteiger partial charge >= 0.3 is 0 Å². The summed E-state index contributed by atoms with van der Waals surface area (Å²) in [5.41, 5.74) is 9.01. The molecule has 1 aromatic carbocycles. The third kappa shape index (κ3) is 4.15. The molecule has 0 saturated carbocycles. The number of allylic oxidation sites excluding steroid dienone is 1. The average Bonchev–Trinajstić information content (AvgIpc) is 3.16. The van der Waals surface area contributed by atoms with E-state index in [-0.39, 0.29) is 11.9 Å². The van der Waals surface area contributed by atoms with Gasteiger partial charge in [-0.2, -0.15) is 5.10 Å². The van der Waals surface area contributed by atoms with Crippen LogP contribution in [0, 0.1) is 0 Å². The van der Waals surface area contributed by atoms with Crippen LogP contribution in [0.4, 0.5) is 0 Å². The smallest absolute Gasteiger partial charge is 0.255 e. The molecule has 3 aromatic rings. The van der Waals surface area contributed by atoms with Crippen molar-refractivity contribution in [1.82, 2.24) is 25.1 Å². The average molecular weight is 406 g/mol. The van der Waals surface area contributed by atoms with Crippen molar-refractivity contribution in [3.8, 4) is 11.4 Å². The van der Waals surface area contributed by atoms with Crippen molar-refractivity contribution in [3.05, 3.63) is 66.5 Å². The predicted molar refractivity (Wildman–Crippen MR) is 111 cm³/mol. The molecule has 0 bridgehead atoms. The molecule has 0 radical (unpaired) electrons. The molecule has 1 aliphatic rings. The van der Waals surface area contributed by atoms with Crippen LogP contribution in [-0.4, -0.2) is 38.2 Å². The van der Waals surface area contributed by atoms with E-state index in [1.807, 2.05) is 24.3 Å². The van der Waals surface area contributed by atoms with Crippen molar-refractivity contribution < 1.29 is 14.6 Å². The van der Waals surface area contributed by atoms with Crippen molar-refractivity contribution in [2.45, 2.75) is 18.9 Å². The van der Waals surface area contributed by atoms with E-state index in [0.29, 0.717) is 36.3 Å². The zero-order valence-electron chi connectivity index (χ0n) is 16.5. The lowest BCUT2D eigenvalue weighted by Gasteiger charge is -2.19. The Morgan fingerprint density at radius 3 is 2.90 bits per heavy atom. The molecule has 30 heavy (non-hydrogen) atoms. The highest BCUT2D eigenvalue weighted by molar-refractivity contribution is 6.03. The number of para-hydroxylation sites is 1. The summed E-state index contributed by atoms with van der Waals surface area (Å²) in [6.07, 6.45) is 9.11. The zero-order chi connectivity index (χ0) is 20.9. The lowest BCUT2D eigenvalue weighted by Crippen LogP contribution is -2.36. The minimum absolute atomic E-state index is 0.171. The summed E-state index contributed by atoms with van der Waals surface area (Å²) in [7, 11) is 1.77. The molecule has 4 rings (SSSR count). The van der Waals surface area contributed by atoms with Gasteiger partial charge in [0.15, 0.2) is 0 Å². The maximum absolute atomic E-state index is 13.2. The lowest BCUT2D eigenvalue weighted by molar-refractivity contribution is -0.199. The highest BCUT2D eigenvalue weighted by atomic mass is 17.2. The Morgan fingerprint density at radius 1 is 1.23 bits per heavy atom. The van der Waals surface area contributed by atoms with E-state index >= 15 is 0 Å². The second-order valence-electron chi connectivity index (χ2n) is 6.94. The summed E-state index contributed by atoms with van der Waals surface area (Å²) in [4.78, 5) is 31.4. The van der Waals surface area contributed by atoms with Crippen molar-refractivity contribution in [1.29, 1.82) is 0 Å². The number of fused-ring (bicyclic) bond motifs is 1. The molecule has 0 saturated heterocycles. The van der Waals surface area contributed by atoms with Gasteiger partial charge in [0.1, 0.15) is 30.2 Å². The molecule has 0 spiro atoms. The van der Waals surface area contributed by atoms with Crippen LogP contribution in [0.5, 0.6) is 0 Å². The second kappa shape index (κ2) is 8.75. The molecule has 1 unspecified atom stereocenters. The van der Waals surface area contributed by atoms with Gasteiger partial charge in [-0.3, -0.25) is 19.3 Å². The van der Waals surface area contributed by atoms with Crippen LogP contribution in [0.25, 0.3) is 22.3 Å². The quantitative estimate of drug-likeness (QED) is 0.578. The Balaban J connectivity index is 1.63. The highest BCUT2D eigenvalue weighted by Gasteiger charge is 2.23. The van der Waals surface area contributed by atoms with Gasteiger partial charge in [-0.25, -0.2) is 9.97 Å². The number of carbonyl (C=O) groups excluding carboxylic acids is 1. The standard InChI is InChI=1S/C21H22N6O3/c1-27-11-17(20(26-27)19-16-4-2-3-5-18(16)23-13-24-19)21(28)25-15(6-8-22)10-14-7-9-29-30-12-14/h2-5,7,9,11-13,15H,6,8,10,22H2,1H3,(H,25,28). The fourth-order valence-electron chi connectivity index (χ4n) is 3.39. The van der Waals surface area contributed by atoms with Crippen molar-refractivity contribution in [3.63, 3.8) is 0 Å². The van der Waals surface area contributed by atoms with E-state index < -0.39 is 0 Å². The molecule has 0 aliphatic carbocycles. The van der Waals surface area contributed by atoms with Gasteiger partial charge in [-0.15, -0.1) is 0 Å². The first-order valence-corrected chi connectivity index (χ1v) is 9.58. The molecule has 0 fully saturated rings. The number of carbonyl (C=O) groups is 1. The maximum Gasteiger partial charge on any atom is 0.255 e. The SMILES string of the molecule is Cn1cc(C(=O)NC(CCN)CC2=COOC=C2)c(-c2ncnc3ccccc23)n1. The Kier molecular flexibility index (Phi) is 5.71.